The number of carboxylic acid groups (broad SMARTS) is 2. The summed E-state index contributed by atoms with van der Waals surface area (Å²) in [5, 5.41) is 17.6. The lowest BCUT2D eigenvalue weighted by Gasteiger charge is -2.31. The van der Waals surface area contributed by atoms with Gasteiger partial charge in [-0.15, -0.1) is 0 Å². The second-order valence-corrected chi connectivity index (χ2v) is 4.73. The lowest BCUT2D eigenvalue weighted by Crippen LogP contribution is -2.49. The predicted molar refractivity (Wildman–Crippen MR) is 35.1 cm³/mol. The summed E-state index contributed by atoms with van der Waals surface area (Å²) in [5.41, 5.74) is 0. The number of rotatable bonds is 4. The van der Waals surface area contributed by atoms with E-state index in [-0.39, 0.29) is 0 Å². The summed E-state index contributed by atoms with van der Waals surface area (Å²) in [6, 6.07) is 0. The molecule has 1 atom stereocenters. The molecule has 2 N–H and O–H groups in total. The molecule has 0 spiro atoms. The van der Waals surface area contributed by atoms with E-state index >= 15 is 0 Å². The lowest BCUT2D eigenvalue weighted by atomic mass is 10.1. The van der Waals surface area contributed by atoms with Gasteiger partial charge < -0.3 is 29.6 Å². The van der Waals surface area contributed by atoms with Gasteiger partial charge in [0.15, 0.2) is 0 Å². The molecule has 0 saturated carbocycles. The zero-order chi connectivity index (χ0) is 10.9. The number of hydrogen-bond acceptors (Lipinski definition) is 5. The van der Waals surface area contributed by atoms with Gasteiger partial charge in [-0.2, -0.15) is 0 Å². The Bertz CT molecular complexity index is 279. The second-order valence-electron chi connectivity index (χ2n) is 2.65. The minimum Gasteiger partial charge on any atom is -0.550 e. The van der Waals surface area contributed by atoms with Gasteiger partial charge in [0.25, 0.3) is 0 Å². The van der Waals surface area contributed by atoms with Gasteiger partial charge in [0.05, 0.1) is 5.97 Å². The number of aliphatic carboxylic acids is 2. The van der Waals surface area contributed by atoms with Crippen LogP contribution in [0.1, 0.15) is 13.3 Å². The number of carbonyl (C=O) groups excluding carboxylic acids is 2. The summed E-state index contributed by atoms with van der Waals surface area (Å²) in [5.74, 6) is -3.99. The summed E-state index contributed by atoms with van der Waals surface area (Å²) >= 11 is 0. The van der Waals surface area contributed by atoms with Crippen molar-refractivity contribution in [2.75, 3.05) is 0 Å². The zero-order valence-corrected chi connectivity index (χ0v) is 7.48. The zero-order valence-electron chi connectivity index (χ0n) is 6.59. The van der Waals surface area contributed by atoms with Gasteiger partial charge in [-0.25, -0.2) is 0 Å². The SMILES string of the molecule is CC(CC(=O)[O-])(C(=O)[O-])P(=O)(O)O. The second kappa shape index (κ2) is 3.45. The van der Waals surface area contributed by atoms with Gasteiger partial charge in [-0.05, 0) is 6.92 Å². The molecule has 0 aromatic heterocycles. The van der Waals surface area contributed by atoms with Crippen molar-refractivity contribution in [2.45, 2.75) is 18.5 Å². The molecule has 1 unspecified atom stereocenters. The van der Waals surface area contributed by atoms with E-state index in [1.165, 1.54) is 0 Å². The van der Waals surface area contributed by atoms with E-state index in [1.807, 2.05) is 0 Å². The van der Waals surface area contributed by atoms with Crippen LogP contribution in [0, 0.1) is 0 Å². The van der Waals surface area contributed by atoms with Crippen LogP contribution < -0.4 is 10.2 Å². The van der Waals surface area contributed by atoms with Crippen LogP contribution in [-0.4, -0.2) is 26.9 Å². The van der Waals surface area contributed by atoms with E-state index < -0.39 is 31.1 Å². The maximum atomic E-state index is 10.6. The smallest absolute Gasteiger partial charge is 0.337 e. The van der Waals surface area contributed by atoms with Crippen LogP contribution in [0.4, 0.5) is 0 Å². The van der Waals surface area contributed by atoms with Crippen LogP contribution in [0.25, 0.3) is 0 Å². The van der Waals surface area contributed by atoms with E-state index in [1.54, 1.807) is 0 Å². The third-order valence-electron chi connectivity index (χ3n) is 1.57. The van der Waals surface area contributed by atoms with Crippen LogP contribution in [0.2, 0.25) is 0 Å². The van der Waals surface area contributed by atoms with Crippen molar-refractivity contribution < 1.29 is 34.2 Å². The van der Waals surface area contributed by atoms with Gasteiger partial charge in [0.1, 0.15) is 5.16 Å². The standard InChI is InChI=1S/C5H9O7P/c1-5(4(8)9,2-3(6)7)13(10,11)12/h2H2,1H3,(H,6,7)(H,8,9)(H2,10,11,12)/p-2. The summed E-state index contributed by atoms with van der Waals surface area (Å²) in [6.45, 7) is 0.596. The fraction of sp³-hybridized carbons (Fsp3) is 0.600. The van der Waals surface area contributed by atoms with Crippen molar-refractivity contribution in [1.82, 2.24) is 0 Å². The van der Waals surface area contributed by atoms with Crippen LogP contribution >= 0.6 is 7.60 Å². The highest BCUT2D eigenvalue weighted by atomic mass is 31.2. The third kappa shape index (κ3) is 2.51. The van der Waals surface area contributed by atoms with Crippen molar-refractivity contribution in [1.29, 1.82) is 0 Å². The van der Waals surface area contributed by atoms with Crippen LogP contribution in [-0.2, 0) is 14.2 Å². The Balaban J connectivity index is 5.09. The van der Waals surface area contributed by atoms with Gasteiger partial charge in [0, 0.05) is 12.4 Å². The fourth-order valence-electron chi connectivity index (χ4n) is 0.575. The Morgan fingerprint density at radius 1 is 1.38 bits per heavy atom. The highest BCUT2D eigenvalue weighted by Crippen LogP contribution is 2.51. The van der Waals surface area contributed by atoms with E-state index in [2.05, 4.69) is 0 Å². The largest absolute Gasteiger partial charge is 0.550 e. The van der Waals surface area contributed by atoms with Crippen LogP contribution in [0.5, 0.6) is 0 Å². The Morgan fingerprint density at radius 3 is 1.85 bits per heavy atom. The molecule has 7 nitrogen and oxygen atoms in total. The summed E-state index contributed by atoms with van der Waals surface area (Å²) < 4.78 is 10.6. The highest BCUT2D eigenvalue weighted by molar-refractivity contribution is 7.54. The molecule has 0 aliphatic heterocycles. The monoisotopic (exact) mass is 210 g/mol. The van der Waals surface area contributed by atoms with E-state index in [4.69, 9.17) is 9.79 Å². The van der Waals surface area contributed by atoms with Crippen LogP contribution in [0.3, 0.4) is 0 Å². The first-order valence-corrected chi connectivity index (χ1v) is 4.69. The van der Waals surface area contributed by atoms with Gasteiger partial charge in [0.2, 0.25) is 0 Å². The maximum absolute atomic E-state index is 10.6. The normalized spacial score (nSPS) is 16.2. The molecular weight excluding hydrogens is 203 g/mol. The Hall–Kier alpha value is -0.910. The van der Waals surface area contributed by atoms with Gasteiger partial charge in [-0.1, -0.05) is 0 Å². The third-order valence-corrected chi connectivity index (χ3v) is 3.20. The molecule has 0 aromatic carbocycles. The van der Waals surface area contributed by atoms with Crippen molar-refractivity contribution in [3.63, 3.8) is 0 Å². The predicted octanol–water partition coefficient (Wildman–Crippen LogP) is -3.19. The van der Waals surface area contributed by atoms with E-state index in [9.17, 15) is 24.4 Å². The molecule has 0 radical (unpaired) electrons. The Morgan fingerprint density at radius 2 is 1.77 bits per heavy atom. The minimum atomic E-state index is -5.08. The number of carboxylic acids is 2. The quantitative estimate of drug-likeness (QED) is 0.466. The molecule has 0 saturated heterocycles. The summed E-state index contributed by atoms with van der Waals surface area (Å²) in [6.07, 6.45) is -1.29. The number of hydrogen-bond donors (Lipinski definition) is 2. The van der Waals surface area contributed by atoms with Gasteiger partial charge in [-0.3, -0.25) is 4.57 Å². The lowest BCUT2D eigenvalue weighted by molar-refractivity contribution is -0.318. The van der Waals surface area contributed by atoms with E-state index in [0.717, 1.165) is 0 Å². The molecule has 13 heavy (non-hydrogen) atoms. The van der Waals surface area contributed by atoms with Crippen LogP contribution in [0.15, 0.2) is 0 Å². The molecule has 0 heterocycles. The van der Waals surface area contributed by atoms with Crippen molar-refractivity contribution in [2.24, 2.45) is 0 Å². The molecule has 0 amide bonds. The molecule has 0 rings (SSSR count). The Labute approximate surface area is 73.2 Å². The average Bonchev–Trinajstić information content (AvgIpc) is 1.82. The maximum Gasteiger partial charge on any atom is 0.337 e. The molecular formula is C5H7O7P-2. The first-order valence-electron chi connectivity index (χ1n) is 3.08. The molecule has 0 bridgehead atoms. The summed E-state index contributed by atoms with van der Waals surface area (Å²) in [4.78, 5) is 37.4. The minimum absolute atomic E-state index is 0.596. The van der Waals surface area contributed by atoms with Gasteiger partial charge >= 0.3 is 7.60 Å². The highest BCUT2D eigenvalue weighted by Gasteiger charge is 2.44. The molecule has 0 fully saturated rings. The molecule has 0 aromatic rings. The first kappa shape index (κ1) is 12.1. The summed E-state index contributed by atoms with van der Waals surface area (Å²) in [7, 11) is -5.08. The molecule has 0 aliphatic carbocycles. The fourth-order valence-corrected chi connectivity index (χ4v) is 1.15. The Kier molecular flexibility index (Phi) is 3.21. The molecule has 76 valence electrons. The number of carbonyl (C=O) groups is 2. The van der Waals surface area contributed by atoms with Crippen molar-refractivity contribution in [3.05, 3.63) is 0 Å². The van der Waals surface area contributed by atoms with Crippen molar-refractivity contribution >= 4 is 19.5 Å². The average molecular weight is 210 g/mol. The molecule has 8 heteroatoms. The topological polar surface area (TPSA) is 138 Å². The molecule has 0 aliphatic rings. The van der Waals surface area contributed by atoms with Crippen molar-refractivity contribution in [3.8, 4) is 0 Å². The first-order chi connectivity index (χ1) is 5.61. The van der Waals surface area contributed by atoms with E-state index in [0.29, 0.717) is 6.92 Å².